The van der Waals surface area contributed by atoms with Crippen LogP contribution in [0.2, 0.25) is 0 Å². The molecule has 0 saturated carbocycles. The van der Waals surface area contributed by atoms with Crippen molar-refractivity contribution in [3.8, 4) is 0 Å². The minimum Gasteiger partial charge on any atom is -0.444 e. The van der Waals surface area contributed by atoms with E-state index in [1.807, 2.05) is 34.6 Å². The number of hydrogen-bond acceptors (Lipinski definition) is 3. The summed E-state index contributed by atoms with van der Waals surface area (Å²) in [6, 6.07) is -0.273. The molecule has 16 heavy (non-hydrogen) atoms. The second kappa shape index (κ2) is 5.48. The van der Waals surface area contributed by atoms with Crippen LogP contribution in [0.5, 0.6) is 0 Å². The van der Waals surface area contributed by atoms with Crippen molar-refractivity contribution in [1.29, 1.82) is 0 Å². The number of carbonyl (C=O) groups is 1. The normalized spacial score (nSPS) is 13.4. The minimum atomic E-state index is -0.511. The highest BCUT2D eigenvalue weighted by molar-refractivity contribution is 7.80. The van der Waals surface area contributed by atoms with E-state index in [4.69, 9.17) is 22.7 Å². The van der Waals surface area contributed by atoms with Crippen LogP contribution >= 0.6 is 12.2 Å². The average Bonchev–Trinajstić information content (AvgIpc) is 1.98. The zero-order valence-electron chi connectivity index (χ0n) is 10.9. The summed E-state index contributed by atoms with van der Waals surface area (Å²) >= 11 is 4.96. The Morgan fingerprint density at radius 2 is 1.81 bits per heavy atom. The van der Waals surface area contributed by atoms with Gasteiger partial charge in [0, 0.05) is 7.05 Å². The Morgan fingerprint density at radius 1 is 1.38 bits per heavy atom. The van der Waals surface area contributed by atoms with Crippen molar-refractivity contribution in [1.82, 2.24) is 4.90 Å². The highest BCUT2D eigenvalue weighted by atomic mass is 32.1. The number of thiocarbonyl (C=S) groups is 1. The van der Waals surface area contributed by atoms with Crippen LogP contribution in [0.3, 0.4) is 0 Å². The molecular weight excluding hydrogens is 224 g/mol. The molecule has 0 aromatic heterocycles. The molecule has 0 radical (unpaired) electrons. The van der Waals surface area contributed by atoms with Crippen molar-refractivity contribution in [2.24, 2.45) is 11.7 Å². The van der Waals surface area contributed by atoms with E-state index < -0.39 is 11.7 Å². The smallest absolute Gasteiger partial charge is 0.410 e. The van der Waals surface area contributed by atoms with E-state index in [0.29, 0.717) is 4.99 Å². The number of hydrogen-bond donors (Lipinski definition) is 1. The van der Waals surface area contributed by atoms with Gasteiger partial charge in [0.2, 0.25) is 0 Å². The Morgan fingerprint density at radius 3 is 2.06 bits per heavy atom. The van der Waals surface area contributed by atoms with Gasteiger partial charge in [-0.3, -0.25) is 0 Å². The molecule has 1 unspecified atom stereocenters. The lowest BCUT2D eigenvalue weighted by Crippen LogP contribution is -2.49. The van der Waals surface area contributed by atoms with Gasteiger partial charge in [0.25, 0.3) is 0 Å². The SMILES string of the molecule is CC(C)C(C(N)=S)N(C)C(=O)OC(C)(C)C. The van der Waals surface area contributed by atoms with E-state index in [-0.39, 0.29) is 12.0 Å². The zero-order chi connectivity index (χ0) is 13.1. The Bertz CT molecular complexity index is 272. The van der Waals surface area contributed by atoms with Crippen molar-refractivity contribution < 1.29 is 9.53 Å². The lowest BCUT2D eigenvalue weighted by molar-refractivity contribution is 0.0239. The molecule has 0 aliphatic carbocycles. The van der Waals surface area contributed by atoms with E-state index in [9.17, 15) is 4.79 Å². The molecule has 94 valence electrons. The van der Waals surface area contributed by atoms with Gasteiger partial charge in [-0.15, -0.1) is 0 Å². The predicted molar refractivity (Wildman–Crippen MR) is 69.4 cm³/mol. The van der Waals surface area contributed by atoms with Crippen LogP contribution in [0.4, 0.5) is 4.79 Å². The lowest BCUT2D eigenvalue weighted by atomic mass is 10.0. The summed E-state index contributed by atoms with van der Waals surface area (Å²) in [6.07, 6.45) is -0.404. The van der Waals surface area contributed by atoms with Gasteiger partial charge in [-0.05, 0) is 26.7 Å². The molecule has 0 fully saturated rings. The van der Waals surface area contributed by atoms with Crippen molar-refractivity contribution in [2.45, 2.75) is 46.3 Å². The maximum Gasteiger partial charge on any atom is 0.410 e. The van der Waals surface area contributed by atoms with E-state index in [1.165, 1.54) is 4.90 Å². The quantitative estimate of drug-likeness (QED) is 0.775. The van der Waals surface area contributed by atoms with Crippen molar-refractivity contribution in [3.63, 3.8) is 0 Å². The predicted octanol–water partition coefficient (Wildman–Crippen LogP) is 2.16. The fourth-order valence-electron chi connectivity index (χ4n) is 1.41. The molecule has 0 heterocycles. The first-order valence-corrected chi connectivity index (χ1v) is 5.72. The largest absolute Gasteiger partial charge is 0.444 e. The van der Waals surface area contributed by atoms with Crippen LogP contribution in [0.15, 0.2) is 0 Å². The highest BCUT2D eigenvalue weighted by Crippen LogP contribution is 2.15. The number of nitrogens with two attached hydrogens (primary N) is 1. The minimum absolute atomic E-state index is 0.162. The standard InChI is InChI=1S/C11H22N2O2S/c1-7(2)8(9(12)16)13(6)10(14)15-11(3,4)5/h7-8H,1-6H3,(H2,12,16). The molecule has 1 atom stereocenters. The molecule has 0 aliphatic rings. The molecule has 4 nitrogen and oxygen atoms in total. The van der Waals surface area contributed by atoms with E-state index in [2.05, 4.69) is 0 Å². The molecule has 2 N–H and O–H groups in total. The Balaban J connectivity index is 4.69. The van der Waals surface area contributed by atoms with Gasteiger partial charge in [0.15, 0.2) is 0 Å². The summed E-state index contributed by atoms with van der Waals surface area (Å²) in [6.45, 7) is 9.40. The summed E-state index contributed by atoms with van der Waals surface area (Å²) in [5.74, 6) is 0.162. The van der Waals surface area contributed by atoms with Crippen LogP contribution in [0.25, 0.3) is 0 Å². The van der Waals surface area contributed by atoms with Crippen LogP contribution in [-0.4, -0.2) is 34.7 Å². The van der Waals surface area contributed by atoms with E-state index >= 15 is 0 Å². The Labute approximate surface area is 103 Å². The van der Waals surface area contributed by atoms with Crippen LogP contribution in [0, 0.1) is 5.92 Å². The molecular formula is C11H22N2O2S. The van der Waals surface area contributed by atoms with E-state index in [1.54, 1.807) is 7.05 Å². The average molecular weight is 246 g/mol. The van der Waals surface area contributed by atoms with Crippen molar-refractivity contribution >= 4 is 23.3 Å². The molecule has 0 bridgehead atoms. The van der Waals surface area contributed by atoms with Gasteiger partial charge in [0.05, 0.1) is 11.0 Å². The number of ether oxygens (including phenoxy) is 1. The van der Waals surface area contributed by atoms with Crippen LogP contribution in [0.1, 0.15) is 34.6 Å². The van der Waals surface area contributed by atoms with Gasteiger partial charge in [-0.2, -0.15) is 0 Å². The van der Waals surface area contributed by atoms with Gasteiger partial charge in [-0.25, -0.2) is 4.79 Å². The molecule has 1 amide bonds. The molecule has 0 spiro atoms. The lowest BCUT2D eigenvalue weighted by Gasteiger charge is -2.32. The molecule has 0 aliphatic heterocycles. The number of nitrogens with zero attached hydrogens (tertiary/aromatic N) is 1. The molecule has 0 aromatic carbocycles. The first-order chi connectivity index (χ1) is 7.06. The third-order valence-electron chi connectivity index (χ3n) is 2.02. The van der Waals surface area contributed by atoms with Crippen LogP contribution in [-0.2, 0) is 4.74 Å². The summed E-state index contributed by atoms with van der Waals surface area (Å²) in [5, 5.41) is 0. The third kappa shape index (κ3) is 4.79. The van der Waals surface area contributed by atoms with Gasteiger partial charge in [0.1, 0.15) is 5.60 Å². The van der Waals surface area contributed by atoms with Gasteiger partial charge < -0.3 is 15.4 Å². The molecule has 0 aromatic rings. The molecule has 0 saturated heterocycles. The third-order valence-corrected chi connectivity index (χ3v) is 2.26. The number of amides is 1. The summed E-state index contributed by atoms with van der Waals surface area (Å²) in [7, 11) is 1.65. The molecule has 5 heteroatoms. The van der Waals surface area contributed by atoms with Crippen molar-refractivity contribution in [2.75, 3.05) is 7.05 Å². The first kappa shape index (κ1) is 15.2. The number of rotatable bonds is 3. The maximum atomic E-state index is 11.8. The topological polar surface area (TPSA) is 55.6 Å². The monoisotopic (exact) mass is 246 g/mol. The number of likely N-dealkylation sites (N-methyl/N-ethyl adjacent to an activating group) is 1. The second-order valence-corrected chi connectivity index (χ2v) is 5.65. The first-order valence-electron chi connectivity index (χ1n) is 5.31. The molecule has 0 rings (SSSR count). The fraction of sp³-hybridized carbons (Fsp3) is 0.818. The summed E-state index contributed by atoms with van der Waals surface area (Å²) < 4.78 is 5.25. The maximum absolute atomic E-state index is 11.8. The van der Waals surface area contributed by atoms with Gasteiger partial charge in [-0.1, -0.05) is 26.1 Å². The van der Waals surface area contributed by atoms with Gasteiger partial charge >= 0.3 is 6.09 Å². The second-order valence-electron chi connectivity index (χ2n) is 5.18. The Kier molecular flexibility index (Phi) is 5.19. The fourth-order valence-corrected chi connectivity index (χ4v) is 1.84. The summed E-state index contributed by atoms with van der Waals surface area (Å²) in [5.41, 5.74) is 5.11. The Hall–Kier alpha value is -0.840. The highest BCUT2D eigenvalue weighted by Gasteiger charge is 2.28. The van der Waals surface area contributed by atoms with Crippen LogP contribution < -0.4 is 5.73 Å². The zero-order valence-corrected chi connectivity index (χ0v) is 11.7. The summed E-state index contributed by atoms with van der Waals surface area (Å²) in [4.78, 5) is 13.6. The van der Waals surface area contributed by atoms with E-state index in [0.717, 1.165) is 0 Å². The van der Waals surface area contributed by atoms with Crippen molar-refractivity contribution in [3.05, 3.63) is 0 Å². The number of carbonyl (C=O) groups excluding carboxylic acids is 1.